The van der Waals surface area contributed by atoms with Crippen LogP contribution < -0.4 is 19.1 Å². The van der Waals surface area contributed by atoms with Crippen molar-refractivity contribution in [2.24, 2.45) is 0 Å². The van der Waals surface area contributed by atoms with E-state index in [1.807, 2.05) is 0 Å². The molecule has 7 nitrogen and oxygen atoms in total. The number of methoxy groups -OCH3 is 3. The molecule has 2 aliphatic rings. The van der Waals surface area contributed by atoms with E-state index in [1.54, 1.807) is 18.2 Å². The summed E-state index contributed by atoms with van der Waals surface area (Å²) in [4.78, 5) is 27.1. The van der Waals surface area contributed by atoms with Gasteiger partial charge in [-0.2, -0.15) is 0 Å². The molecular formula is C22H20FNO6. The van der Waals surface area contributed by atoms with Gasteiger partial charge in [0.05, 0.1) is 38.3 Å². The highest BCUT2D eigenvalue weighted by atomic mass is 19.1. The highest BCUT2D eigenvalue weighted by molar-refractivity contribution is 6.06. The molecule has 1 amide bonds. The Hall–Kier alpha value is -3.55. The van der Waals surface area contributed by atoms with Crippen LogP contribution in [0.2, 0.25) is 0 Å². The summed E-state index contributed by atoms with van der Waals surface area (Å²) in [6.45, 7) is -0.0669. The predicted octanol–water partition coefficient (Wildman–Crippen LogP) is 3.18. The first-order chi connectivity index (χ1) is 14.5. The standard InChI is InChI=1S/C22H20FNO6/c1-27-17-10-19(29-3)18(28-2)8-14(17)15-9-20(25)24(13-6-4-5-12(23)7-13)16-11-30-22(26)21(15)16/h4-8,10,15H,9,11H2,1-3H3/t15-/m1/s1. The third kappa shape index (κ3) is 3.14. The van der Waals surface area contributed by atoms with Gasteiger partial charge < -0.3 is 18.9 Å². The Labute approximate surface area is 172 Å². The summed E-state index contributed by atoms with van der Waals surface area (Å²) in [5, 5.41) is 0. The number of anilines is 1. The third-order valence-electron chi connectivity index (χ3n) is 5.30. The highest BCUT2D eigenvalue weighted by Gasteiger charge is 2.44. The lowest BCUT2D eigenvalue weighted by Crippen LogP contribution is -2.37. The molecule has 0 saturated heterocycles. The summed E-state index contributed by atoms with van der Waals surface area (Å²) in [6.07, 6.45) is -0.0176. The Balaban J connectivity index is 1.87. The van der Waals surface area contributed by atoms with Crippen molar-refractivity contribution in [3.63, 3.8) is 0 Å². The summed E-state index contributed by atoms with van der Waals surface area (Å²) in [5.74, 6) is -0.499. The van der Waals surface area contributed by atoms with Gasteiger partial charge in [-0.15, -0.1) is 0 Å². The van der Waals surface area contributed by atoms with E-state index in [1.165, 1.54) is 44.4 Å². The number of esters is 1. The van der Waals surface area contributed by atoms with Crippen LogP contribution in [0.3, 0.4) is 0 Å². The number of halogens is 1. The minimum absolute atomic E-state index is 0.0176. The second-order valence-corrected chi connectivity index (χ2v) is 6.85. The first kappa shape index (κ1) is 19.8. The molecule has 156 valence electrons. The van der Waals surface area contributed by atoms with E-state index < -0.39 is 17.7 Å². The van der Waals surface area contributed by atoms with Crippen LogP contribution in [0.1, 0.15) is 17.9 Å². The van der Waals surface area contributed by atoms with Gasteiger partial charge in [0.2, 0.25) is 5.91 Å². The number of benzene rings is 2. The van der Waals surface area contributed by atoms with Crippen molar-refractivity contribution in [2.75, 3.05) is 32.8 Å². The molecule has 8 heteroatoms. The van der Waals surface area contributed by atoms with Crippen LogP contribution in [0.4, 0.5) is 10.1 Å². The number of ether oxygens (including phenoxy) is 4. The van der Waals surface area contributed by atoms with E-state index in [-0.39, 0.29) is 18.9 Å². The minimum atomic E-state index is -0.595. The van der Waals surface area contributed by atoms with Crippen molar-refractivity contribution in [3.05, 3.63) is 59.0 Å². The van der Waals surface area contributed by atoms with Gasteiger partial charge in [0.25, 0.3) is 0 Å². The Morgan fingerprint density at radius 3 is 2.37 bits per heavy atom. The molecule has 2 aliphatic heterocycles. The van der Waals surface area contributed by atoms with Crippen molar-refractivity contribution in [3.8, 4) is 17.2 Å². The number of rotatable bonds is 5. The summed E-state index contributed by atoms with van der Waals surface area (Å²) in [6, 6.07) is 9.02. The second-order valence-electron chi connectivity index (χ2n) is 6.85. The van der Waals surface area contributed by atoms with Gasteiger partial charge in [0.1, 0.15) is 18.2 Å². The Morgan fingerprint density at radius 1 is 1.00 bits per heavy atom. The van der Waals surface area contributed by atoms with E-state index in [2.05, 4.69) is 0 Å². The first-order valence-corrected chi connectivity index (χ1v) is 9.27. The molecule has 30 heavy (non-hydrogen) atoms. The van der Waals surface area contributed by atoms with E-state index in [9.17, 15) is 14.0 Å². The first-order valence-electron chi connectivity index (χ1n) is 9.27. The van der Waals surface area contributed by atoms with Gasteiger partial charge in [0.15, 0.2) is 11.5 Å². The lowest BCUT2D eigenvalue weighted by Gasteiger charge is -2.32. The smallest absolute Gasteiger partial charge is 0.336 e. The second kappa shape index (κ2) is 7.70. The highest BCUT2D eigenvalue weighted by Crippen LogP contribution is 2.47. The summed E-state index contributed by atoms with van der Waals surface area (Å²) < 4.78 is 35.2. The van der Waals surface area contributed by atoms with Crippen LogP contribution in [0.25, 0.3) is 0 Å². The molecule has 2 aromatic carbocycles. The van der Waals surface area contributed by atoms with Crippen molar-refractivity contribution >= 4 is 17.6 Å². The molecule has 0 bridgehead atoms. The number of amides is 1. The molecule has 1 atom stereocenters. The van der Waals surface area contributed by atoms with Crippen molar-refractivity contribution in [1.82, 2.24) is 0 Å². The Kier molecular flexibility index (Phi) is 5.07. The fourth-order valence-electron chi connectivity index (χ4n) is 3.96. The number of cyclic esters (lactones) is 1. The van der Waals surface area contributed by atoms with Crippen LogP contribution in [-0.4, -0.2) is 39.8 Å². The average molecular weight is 413 g/mol. The summed E-state index contributed by atoms with van der Waals surface area (Å²) in [5.41, 5.74) is 1.71. The van der Waals surface area contributed by atoms with Gasteiger partial charge in [-0.1, -0.05) is 6.07 Å². The van der Waals surface area contributed by atoms with Crippen molar-refractivity contribution in [2.45, 2.75) is 12.3 Å². The monoisotopic (exact) mass is 413 g/mol. The molecule has 2 heterocycles. The molecule has 0 aromatic heterocycles. The van der Waals surface area contributed by atoms with E-state index in [0.29, 0.717) is 39.8 Å². The molecule has 0 N–H and O–H groups in total. The van der Waals surface area contributed by atoms with Gasteiger partial charge >= 0.3 is 5.97 Å². The zero-order valence-electron chi connectivity index (χ0n) is 16.7. The molecule has 0 spiro atoms. The molecule has 2 aromatic rings. The number of carbonyl (C=O) groups excluding carboxylic acids is 2. The summed E-state index contributed by atoms with van der Waals surface area (Å²) >= 11 is 0. The largest absolute Gasteiger partial charge is 0.496 e. The SMILES string of the molecule is COc1cc(OC)c([C@H]2CC(=O)N(c3cccc(F)c3)C3=C2C(=O)OC3)cc1OC. The molecule has 0 radical (unpaired) electrons. The normalized spacial score (nSPS) is 18.3. The quantitative estimate of drug-likeness (QED) is 0.701. The fraction of sp³-hybridized carbons (Fsp3) is 0.273. The van der Waals surface area contributed by atoms with Gasteiger partial charge in [-0.25, -0.2) is 9.18 Å². The maximum atomic E-state index is 13.8. The molecule has 4 rings (SSSR count). The zero-order valence-corrected chi connectivity index (χ0v) is 16.7. The number of carbonyl (C=O) groups is 2. The van der Waals surface area contributed by atoms with E-state index in [0.717, 1.165) is 0 Å². The maximum Gasteiger partial charge on any atom is 0.336 e. The summed E-state index contributed by atoms with van der Waals surface area (Å²) in [7, 11) is 4.50. The fourth-order valence-corrected chi connectivity index (χ4v) is 3.96. The van der Waals surface area contributed by atoms with Crippen LogP contribution in [-0.2, 0) is 14.3 Å². The van der Waals surface area contributed by atoms with Crippen LogP contribution in [0.15, 0.2) is 47.7 Å². The average Bonchev–Trinajstić information content (AvgIpc) is 3.13. The van der Waals surface area contributed by atoms with Crippen LogP contribution in [0, 0.1) is 5.82 Å². The van der Waals surface area contributed by atoms with Crippen molar-refractivity contribution in [1.29, 1.82) is 0 Å². The number of hydrogen-bond donors (Lipinski definition) is 0. The Bertz CT molecular complexity index is 1060. The molecule has 0 fully saturated rings. The maximum absolute atomic E-state index is 13.8. The van der Waals surface area contributed by atoms with Gasteiger partial charge in [-0.3, -0.25) is 9.69 Å². The lowest BCUT2D eigenvalue weighted by molar-refractivity contribution is -0.136. The molecule has 0 unspecified atom stereocenters. The topological polar surface area (TPSA) is 74.3 Å². The van der Waals surface area contributed by atoms with E-state index in [4.69, 9.17) is 18.9 Å². The third-order valence-corrected chi connectivity index (χ3v) is 5.30. The van der Waals surface area contributed by atoms with E-state index >= 15 is 0 Å². The van der Waals surface area contributed by atoms with Gasteiger partial charge in [-0.05, 0) is 24.3 Å². The molecule has 0 saturated carbocycles. The van der Waals surface area contributed by atoms with Crippen molar-refractivity contribution < 1.29 is 32.9 Å². The lowest BCUT2D eigenvalue weighted by atomic mass is 9.83. The Morgan fingerprint density at radius 2 is 1.70 bits per heavy atom. The number of nitrogens with zero attached hydrogens (tertiary/aromatic N) is 1. The molecule has 0 aliphatic carbocycles. The molecular weight excluding hydrogens is 393 g/mol. The van der Waals surface area contributed by atoms with Crippen LogP contribution >= 0.6 is 0 Å². The minimum Gasteiger partial charge on any atom is -0.496 e. The van der Waals surface area contributed by atoms with Gasteiger partial charge in [0, 0.05) is 24.0 Å². The van der Waals surface area contributed by atoms with Crippen LogP contribution in [0.5, 0.6) is 17.2 Å². The predicted molar refractivity (Wildman–Crippen MR) is 105 cm³/mol. The number of hydrogen-bond acceptors (Lipinski definition) is 6. The zero-order chi connectivity index (χ0) is 21.4.